The minimum atomic E-state index is -0.789. The molecule has 0 saturated heterocycles. The number of rotatable bonds is 6. The molecule has 1 saturated carbocycles. The Morgan fingerprint density at radius 3 is 2.42 bits per heavy atom. The van der Waals surface area contributed by atoms with Crippen LogP contribution in [-0.4, -0.2) is 48.6 Å². The summed E-state index contributed by atoms with van der Waals surface area (Å²) in [6, 6.07) is 0.312. The van der Waals surface area contributed by atoms with Crippen LogP contribution < -0.4 is 5.32 Å². The molecule has 19 heavy (non-hydrogen) atoms. The Hall–Kier alpha value is -1.10. The van der Waals surface area contributed by atoms with E-state index in [1.54, 1.807) is 32.7 Å². The first-order valence-corrected chi connectivity index (χ1v) is 7.05. The van der Waals surface area contributed by atoms with E-state index in [1.165, 1.54) is 12.8 Å². The van der Waals surface area contributed by atoms with Crippen LogP contribution in [0.4, 0.5) is 0 Å². The van der Waals surface area contributed by atoms with Crippen molar-refractivity contribution in [3.8, 4) is 0 Å². The highest BCUT2D eigenvalue weighted by Crippen LogP contribution is 2.18. The van der Waals surface area contributed by atoms with Crippen molar-refractivity contribution in [3.05, 3.63) is 0 Å². The minimum Gasteiger partial charge on any atom is -0.465 e. The third-order valence-corrected chi connectivity index (χ3v) is 3.83. The molecule has 1 aliphatic carbocycles. The lowest BCUT2D eigenvalue weighted by molar-refractivity contribution is -0.155. The number of carbonyl (C=O) groups is 2. The molecule has 0 spiro atoms. The van der Waals surface area contributed by atoms with Crippen molar-refractivity contribution >= 4 is 11.9 Å². The van der Waals surface area contributed by atoms with Gasteiger partial charge in [0.1, 0.15) is 5.54 Å². The fraction of sp³-hybridized carbons (Fsp3) is 0.857. The van der Waals surface area contributed by atoms with Gasteiger partial charge in [0.25, 0.3) is 0 Å². The highest BCUT2D eigenvalue weighted by atomic mass is 16.5. The van der Waals surface area contributed by atoms with E-state index in [9.17, 15) is 9.59 Å². The van der Waals surface area contributed by atoms with Crippen LogP contribution in [0.2, 0.25) is 0 Å². The van der Waals surface area contributed by atoms with Crippen molar-refractivity contribution in [2.75, 3.05) is 20.2 Å². The van der Waals surface area contributed by atoms with Crippen LogP contribution in [0, 0.1) is 0 Å². The SMILES string of the molecule is CCOC(=O)C(C)(C)N(C)CC(=O)NC1CCCC1. The predicted octanol–water partition coefficient (Wildman–Crippen LogP) is 1.32. The average Bonchev–Trinajstić information content (AvgIpc) is 2.81. The quantitative estimate of drug-likeness (QED) is 0.740. The van der Waals surface area contributed by atoms with Gasteiger partial charge in [0.2, 0.25) is 5.91 Å². The summed E-state index contributed by atoms with van der Waals surface area (Å²) in [4.78, 5) is 25.5. The summed E-state index contributed by atoms with van der Waals surface area (Å²) >= 11 is 0. The first-order chi connectivity index (χ1) is 8.87. The van der Waals surface area contributed by atoms with E-state index in [-0.39, 0.29) is 18.4 Å². The Morgan fingerprint density at radius 2 is 1.89 bits per heavy atom. The average molecular weight is 270 g/mol. The maximum Gasteiger partial charge on any atom is 0.325 e. The number of carbonyl (C=O) groups excluding carboxylic acids is 2. The van der Waals surface area contributed by atoms with E-state index in [0.29, 0.717) is 12.6 Å². The molecule has 0 unspecified atom stereocenters. The molecule has 0 aromatic heterocycles. The van der Waals surface area contributed by atoms with Gasteiger partial charge in [-0.2, -0.15) is 0 Å². The molecule has 0 heterocycles. The smallest absolute Gasteiger partial charge is 0.325 e. The normalized spacial score (nSPS) is 16.7. The molecule has 0 aromatic rings. The zero-order valence-electron chi connectivity index (χ0n) is 12.5. The first kappa shape index (κ1) is 16.0. The van der Waals surface area contributed by atoms with Crippen molar-refractivity contribution < 1.29 is 14.3 Å². The lowest BCUT2D eigenvalue weighted by Crippen LogP contribution is -2.52. The number of esters is 1. The summed E-state index contributed by atoms with van der Waals surface area (Å²) in [5.74, 6) is -0.321. The Morgan fingerprint density at radius 1 is 1.32 bits per heavy atom. The fourth-order valence-corrected chi connectivity index (χ4v) is 2.22. The molecule has 1 N–H and O–H groups in total. The second-order valence-corrected chi connectivity index (χ2v) is 5.68. The van der Waals surface area contributed by atoms with E-state index >= 15 is 0 Å². The largest absolute Gasteiger partial charge is 0.465 e. The van der Waals surface area contributed by atoms with Crippen LogP contribution in [0.1, 0.15) is 46.5 Å². The van der Waals surface area contributed by atoms with Gasteiger partial charge < -0.3 is 10.1 Å². The van der Waals surface area contributed by atoms with Gasteiger partial charge in [-0.3, -0.25) is 14.5 Å². The second kappa shape index (κ2) is 6.89. The van der Waals surface area contributed by atoms with Crippen LogP contribution in [0.15, 0.2) is 0 Å². The maximum absolute atomic E-state index is 11.9. The molecule has 1 aliphatic rings. The van der Waals surface area contributed by atoms with E-state index < -0.39 is 5.54 Å². The van der Waals surface area contributed by atoms with Crippen LogP contribution in [0.5, 0.6) is 0 Å². The van der Waals surface area contributed by atoms with Crippen LogP contribution in [0.25, 0.3) is 0 Å². The molecule has 5 heteroatoms. The zero-order valence-corrected chi connectivity index (χ0v) is 12.5. The van der Waals surface area contributed by atoms with Crippen LogP contribution in [-0.2, 0) is 14.3 Å². The van der Waals surface area contributed by atoms with Gasteiger partial charge >= 0.3 is 5.97 Å². The van der Waals surface area contributed by atoms with Crippen LogP contribution in [0.3, 0.4) is 0 Å². The fourth-order valence-electron chi connectivity index (χ4n) is 2.22. The molecule has 0 aliphatic heterocycles. The number of hydrogen-bond donors (Lipinski definition) is 1. The molecule has 110 valence electrons. The Kier molecular flexibility index (Phi) is 5.79. The molecule has 5 nitrogen and oxygen atoms in total. The summed E-state index contributed by atoms with van der Waals surface area (Å²) in [5.41, 5.74) is -0.789. The summed E-state index contributed by atoms with van der Waals surface area (Å²) in [6.07, 6.45) is 4.51. The third kappa shape index (κ3) is 4.49. The van der Waals surface area contributed by atoms with Gasteiger partial charge in [-0.05, 0) is 40.7 Å². The molecule has 0 aromatic carbocycles. The highest BCUT2D eigenvalue weighted by Gasteiger charge is 2.34. The van der Waals surface area contributed by atoms with Crippen molar-refractivity contribution in [1.29, 1.82) is 0 Å². The number of nitrogens with one attached hydrogen (secondary N) is 1. The molecular formula is C14H26N2O3. The third-order valence-electron chi connectivity index (χ3n) is 3.83. The molecule has 0 bridgehead atoms. The molecule has 1 fully saturated rings. The highest BCUT2D eigenvalue weighted by molar-refractivity contribution is 5.82. The van der Waals surface area contributed by atoms with Crippen molar-refractivity contribution in [1.82, 2.24) is 10.2 Å². The van der Waals surface area contributed by atoms with E-state index in [2.05, 4.69) is 5.32 Å². The lowest BCUT2D eigenvalue weighted by Gasteiger charge is -2.32. The first-order valence-electron chi connectivity index (χ1n) is 7.05. The number of amides is 1. The molecule has 0 radical (unpaired) electrons. The van der Waals surface area contributed by atoms with Gasteiger partial charge in [-0.15, -0.1) is 0 Å². The summed E-state index contributed by atoms with van der Waals surface area (Å²) < 4.78 is 5.03. The Labute approximate surface area is 115 Å². The molecule has 0 atom stereocenters. The van der Waals surface area contributed by atoms with Gasteiger partial charge in [0.05, 0.1) is 13.2 Å². The summed E-state index contributed by atoms with van der Waals surface area (Å²) in [6.45, 7) is 5.88. The number of nitrogens with zero attached hydrogens (tertiary/aromatic N) is 1. The Balaban J connectivity index is 2.45. The second-order valence-electron chi connectivity index (χ2n) is 5.68. The van der Waals surface area contributed by atoms with E-state index in [0.717, 1.165) is 12.8 Å². The van der Waals surface area contributed by atoms with Crippen molar-refractivity contribution in [2.45, 2.75) is 58.0 Å². The predicted molar refractivity (Wildman–Crippen MR) is 73.7 cm³/mol. The Bertz CT molecular complexity index is 323. The van der Waals surface area contributed by atoms with Gasteiger partial charge in [-0.25, -0.2) is 0 Å². The van der Waals surface area contributed by atoms with Crippen LogP contribution >= 0.6 is 0 Å². The van der Waals surface area contributed by atoms with Gasteiger partial charge in [0.15, 0.2) is 0 Å². The molecule has 1 amide bonds. The van der Waals surface area contributed by atoms with E-state index in [1.807, 2.05) is 0 Å². The zero-order chi connectivity index (χ0) is 14.5. The van der Waals surface area contributed by atoms with E-state index in [4.69, 9.17) is 4.74 Å². The number of likely N-dealkylation sites (N-methyl/N-ethyl adjacent to an activating group) is 1. The standard InChI is InChI=1S/C14H26N2O3/c1-5-19-13(18)14(2,3)16(4)10-12(17)15-11-8-6-7-9-11/h11H,5-10H2,1-4H3,(H,15,17). The molecular weight excluding hydrogens is 244 g/mol. The number of hydrogen-bond acceptors (Lipinski definition) is 4. The minimum absolute atomic E-state index is 0.0215. The number of ether oxygens (including phenoxy) is 1. The summed E-state index contributed by atoms with van der Waals surface area (Å²) in [5, 5.41) is 3.02. The van der Waals surface area contributed by atoms with Crippen molar-refractivity contribution in [3.63, 3.8) is 0 Å². The lowest BCUT2D eigenvalue weighted by atomic mass is 10.0. The topological polar surface area (TPSA) is 58.6 Å². The summed E-state index contributed by atoms with van der Waals surface area (Å²) in [7, 11) is 1.77. The van der Waals surface area contributed by atoms with Gasteiger partial charge in [0, 0.05) is 6.04 Å². The van der Waals surface area contributed by atoms with Gasteiger partial charge in [-0.1, -0.05) is 12.8 Å². The molecule has 1 rings (SSSR count). The van der Waals surface area contributed by atoms with Crippen molar-refractivity contribution in [2.24, 2.45) is 0 Å². The monoisotopic (exact) mass is 270 g/mol. The maximum atomic E-state index is 11.9.